The Hall–Kier alpha value is -1.90. The molecule has 1 aromatic carbocycles. The molecular weight excluding hydrogens is 240 g/mol. The third-order valence-corrected chi connectivity index (χ3v) is 3.59. The Labute approximate surface area is 112 Å². The smallest absolute Gasteiger partial charge is 0.135 e. The molecule has 0 N–H and O–H groups in total. The predicted molar refractivity (Wildman–Crippen MR) is 75.2 cm³/mol. The van der Waals surface area contributed by atoms with Crippen molar-refractivity contribution in [2.24, 2.45) is 5.92 Å². The molecule has 0 saturated heterocycles. The molecule has 3 heteroatoms. The van der Waals surface area contributed by atoms with Gasteiger partial charge in [0.25, 0.3) is 0 Å². The summed E-state index contributed by atoms with van der Waals surface area (Å²) in [5.41, 5.74) is 2.04. The molecule has 100 valence electrons. The van der Waals surface area contributed by atoms with Gasteiger partial charge in [0.05, 0.1) is 19.5 Å². The van der Waals surface area contributed by atoms with Crippen molar-refractivity contribution in [2.75, 3.05) is 13.7 Å². The number of rotatable bonds is 3. The third kappa shape index (κ3) is 1.99. The summed E-state index contributed by atoms with van der Waals surface area (Å²) in [5, 5.41) is 1.10. The van der Waals surface area contributed by atoms with E-state index < -0.39 is 0 Å². The van der Waals surface area contributed by atoms with Gasteiger partial charge in [0.1, 0.15) is 17.1 Å². The highest BCUT2D eigenvalue weighted by molar-refractivity contribution is 5.90. The van der Waals surface area contributed by atoms with Gasteiger partial charge in [-0.05, 0) is 31.2 Å². The van der Waals surface area contributed by atoms with Gasteiger partial charge in [-0.15, -0.1) is 0 Å². The van der Waals surface area contributed by atoms with E-state index in [-0.39, 0.29) is 0 Å². The molecule has 0 saturated carbocycles. The molecule has 3 rings (SSSR count). The number of benzene rings is 1. The molecule has 0 aliphatic heterocycles. The number of hydrogen-bond donors (Lipinski definition) is 0. The summed E-state index contributed by atoms with van der Waals surface area (Å²) in [4.78, 5) is 0. The molecule has 0 fully saturated rings. The summed E-state index contributed by atoms with van der Waals surface area (Å²) in [6, 6.07) is 5.97. The maximum atomic E-state index is 5.93. The lowest BCUT2D eigenvalue weighted by molar-refractivity contribution is 0.245. The van der Waals surface area contributed by atoms with Crippen LogP contribution in [0.25, 0.3) is 17.0 Å². The summed E-state index contributed by atoms with van der Waals surface area (Å²) in [7, 11) is 1.72. The molecule has 3 nitrogen and oxygen atoms in total. The topological polar surface area (TPSA) is 31.6 Å². The number of fused-ring (bicyclic) bond motifs is 3. The molecule has 1 aliphatic rings. The van der Waals surface area contributed by atoms with E-state index in [1.807, 2.05) is 25.1 Å². The fourth-order valence-corrected chi connectivity index (χ4v) is 2.64. The minimum absolute atomic E-state index is 0.365. The number of hydrogen-bond acceptors (Lipinski definition) is 3. The van der Waals surface area contributed by atoms with Crippen molar-refractivity contribution >= 4 is 17.0 Å². The van der Waals surface area contributed by atoms with Gasteiger partial charge in [-0.3, -0.25) is 0 Å². The Balaban J connectivity index is 2.15. The second-order valence-electron chi connectivity index (χ2n) is 4.89. The summed E-state index contributed by atoms with van der Waals surface area (Å²) >= 11 is 0. The van der Waals surface area contributed by atoms with Crippen molar-refractivity contribution < 1.29 is 13.9 Å². The quantitative estimate of drug-likeness (QED) is 0.833. The predicted octanol–water partition coefficient (Wildman–Crippen LogP) is 4.01. The van der Waals surface area contributed by atoms with Crippen molar-refractivity contribution in [2.45, 2.75) is 20.3 Å². The zero-order chi connectivity index (χ0) is 13.4. The molecule has 1 heterocycles. The average Bonchev–Trinajstić information content (AvgIpc) is 2.75. The highest BCUT2D eigenvalue weighted by atomic mass is 16.5. The first-order valence-corrected chi connectivity index (χ1v) is 6.66. The van der Waals surface area contributed by atoms with Crippen molar-refractivity contribution in [3.8, 4) is 5.75 Å². The lowest BCUT2D eigenvalue weighted by Gasteiger charge is -2.18. The van der Waals surface area contributed by atoms with E-state index in [0.717, 1.165) is 40.2 Å². The second-order valence-corrected chi connectivity index (χ2v) is 4.89. The normalized spacial score (nSPS) is 18.1. The molecule has 0 radical (unpaired) electrons. The van der Waals surface area contributed by atoms with Crippen LogP contribution in [0.3, 0.4) is 0 Å². The minimum Gasteiger partial charge on any atom is -0.501 e. The number of ether oxygens (including phenoxy) is 2. The second kappa shape index (κ2) is 4.65. The van der Waals surface area contributed by atoms with Gasteiger partial charge < -0.3 is 13.9 Å². The first-order valence-electron chi connectivity index (χ1n) is 6.66. The Morgan fingerprint density at radius 2 is 2.21 bits per heavy atom. The van der Waals surface area contributed by atoms with Crippen LogP contribution < -0.4 is 4.74 Å². The van der Waals surface area contributed by atoms with E-state index in [1.54, 1.807) is 7.11 Å². The maximum absolute atomic E-state index is 5.93. The van der Waals surface area contributed by atoms with E-state index in [2.05, 4.69) is 13.0 Å². The number of allylic oxidation sites excluding steroid dienone is 1. The molecule has 0 bridgehead atoms. The average molecular weight is 258 g/mol. The van der Waals surface area contributed by atoms with E-state index in [1.165, 1.54) is 0 Å². The molecule has 0 amide bonds. The van der Waals surface area contributed by atoms with Gasteiger partial charge in [0.15, 0.2) is 0 Å². The molecule has 19 heavy (non-hydrogen) atoms. The van der Waals surface area contributed by atoms with E-state index in [0.29, 0.717) is 12.5 Å². The molecule has 1 aromatic heterocycles. The van der Waals surface area contributed by atoms with Gasteiger partial charge in [-0.2, -0.15) is 0 Å². The van der Waals surface area contributed by atoms with Gasteiger partial charge in [-0.1, -0.05) is 6.92 Å². The van der Waals surface area contributed by atoms with E-state index in [4.69, 9.17) is 13.9 Å². The van der Waals surface area contributed by atoms with Gasteiger partial charge in [-0.25, -0.2) is 0 Å². The number of methoxy groups -OCH3 is 1. The van der Waals surface area contributed by atoms with Crippen LogP contribution in [0.5, 0.6) is 5.75 Å². The largest absolute Gasteiger partial charge is 0.501 e. The van der Waals surface area contributed by atoms with Crippen LogP contribution in [0.15, 0.2) is 28.4 Å². The summed E-state index contributed by atoms with van der Waals surface area (Å²) in [5.74, 6) is 3.29. The van der Waals surface area contributed by atoms with Crippen LogP contribution in [0.2, 0.25) is 0 Å². The van der Waals surface area contributed by atoms with Crippen LogP contribution in [-0.4, -0.2) is 13.7 Å². The van der Waals surface area contributed by atoms with Crippen molar-refractivity contribution in [3.05, 3.63) is 35.3 Å². The Morgan fingerprint density at radius 3 is 2.95 bits per heavy atom. The van der Waals surface area contributed by atoms with Crippen LogP contribution in [0.4, 0.5) is 0 Å². The van der Waals surface area contributed by atoms with E-state index >= 15 is 0 Å². The molecular formula is C16H18O3. The van der Waals surface area contributed by atoms with Crippen molar-refractivity contribution in [1.82, 2.24) is 0 Å². The maximum Gasteiger partial charge on any atom is 0.135 e. The summed E-state index contributed by atoms with van der Waals surface area (Å²) in [6.07, 6.45) is 2.97. The highest BCUT2D eigenvalue weighted by Crippen LogP contribution is 2.37. The van der Waals surface area contributed by atoms with Crippen LogP contribution in [-0.2, 0) is 11.2 Å². The van der Waals surface area contributed by atoms with Crippen molar-refractivity contribution in [1.29, 1.82) is 0 Å². The Morgan fingerprint density at radius 1 is 1.37 bits per heavy atom. The molecule has 0 spiro atoms. The number of furan rings is 1. The molecule has 1 aliphatic carbocycles. The summed E-state index contributed by atoms with van der Waals surface area (Å²) in [6.45, 7) is 4.80. The molecule has 1 atom stereocenters. The fourth-order valence-electron chi connectivity index (χ4n) is 2.64. The Kier molecular flexibility index (Phi) is 2.97. The SMILES string of the molecule is CCOc1ccc2oc3c(c2c1)C=C(OC)C(C)C3. The first kappa shape index (κ1) is 12.2. The van der Waals surface area contributed by atoms with Crippen LogP contribution >= 0.6 is 0 Å². The molecule has 1 unspecified atom stereocenters. The zero-order valence-corrected chi connectivity index (χ0v) is 11.5. The van der Waals surface area contributed by atoms with Crippen molar-refractivity contribution in [3.63, 3.8) is 0 Å². The van der Waals surface area contributed by atoms with Gasteiger partial charge >= 0.3 is 0 Å². The summed E-state index contributed by atoms with van der Waals surface area (Å²) < 4.78 is 16.9. The van der Waals surface area contributed by atoms with Crippen LogP contribution in [0.1, 0.15) is 25.2 Å². The van der Waals surface area contributed by atoms with Gasteiger partial charge in [0, 0.05) is 23.3 Å². The Bertz CT molecular complexity index is 637. The standard InChI is InChI=1S/C16H18O3/c1-4-18-11-5-6-14-12(8-11)13-9-15(17-3)10(2)7-16(13)19-14/h5-6,8-10H,4,7H2,1-3H3. The lowest BCUT2D eigenvalue weighted by atomic mass is 9.93. The molecule has 2 aromatic rings. The zero-order valence-electron chi connectivity index (χ0n) is 11.5. The first-order chi connectivity index (χ1) is 9.22. The minimum atomic E-state index is 0.365. The third-order valence-electron chi connectivity index (χ3n) is 3.59. The monoisotopic (exact) mass is 258 g/mol. The van der Waals surface area contributed by atoms with Gasteiger partial charge in [0.2, 0.25) is 0 Å². The highest BCUT2D eigenvalue weighted by Gasteiger charge is 2.23. The van der Waals surface area contributed by atoms with E-state index in [9.17, 15) is 0 Å². The lowest BCUT2D eigenvalue weighted by Crippen LogP contribution is -2.09. The van der Waals surface area contributed by atoms with Crippen LogP contribution in [0, 0.1) is 5.92 Å². The fraction of sp³-hybridized carbons (Fsp3) is 0.375.